The maximum Gasteiger partial charge on any atom is 0.146 e. The van der Waals surface area contributed by atoms with Crippen LogP contribution in [0.25, 0.3) is 0 Å². The summed E-state index contributed by atoms with van der Waals surface area (Å²) in [6.45, 7) is 3.37. The summed E-state index contributed by atoms with van der Waals surface area (Å²) in [6, 6.07) is 12.6. The largest absolute Gasteiger partial charge is 0.339 e. The number of anilines is 2. The first-order chi connectivity index (χ1) is 9.67. The molecule has 0 radical (unpaired) electrons. The van der Waals surface area contributed by atoms with Crippen molar-refractivity contribution in [2.75, 3.05) is 18.5 Å². The van der Waals surface area contributed by atoms with Crippen molar-refractivity contribution in [2.45, 2.75) is 13.5 Å². The summed E-state index contributed by atoms with van der Waals surface area (Å²) in [7, 11) is 1.88. The fraction of sp³-hybridized carbons (Fsp3) is 0.250. The molecule has 0 aliphatic carbocycles. The van der Waals surface area contributed by atoms with Crippen molar-refractivity contribution in [1.29, 1.82) is 0 Å². The highest BCUT2D eigenvalue weighted by atomic mass is 35.5. The van der Waals surface area contributed by atoms with Crippen LogP contribution in [0.5, 0.6) is 0 Å². The highest BCUT2D eigenvalue weighted by Gasteiger charge is 2.12. The lowest BCUT2D eigenvalue weighted by Crippen LogP contribution is -2.17. The molecule has 0 atom stereocenters. The third-order valence-electron chi connectivity index (χ3n) is 3.18. The molecular weight excluding hydrogens is 275 g/mol. The lowest BCUT2D eigenvalue weighted by Gasteiger charge is -2.24. The Morgan fingerprint density at radius 1 is 1.20 bits per heavy atom. The van der Waals surface area contributed by atoms with Gasteiger partial charge in [-0.05, 0) is 43.8 Å². The van der Waals surface area contributed by atoms with Crippen LogP contribution in [0.3, 0.4) is 0 Å². The minimum Gasteiger partial charge on any atom is -0.339 e. The molecule has 2 rings (SSSR count). The van der Waals surface area contributed by atoms with Gasteiger partial charge in [0.2, 0.25) is 0 Å². The predicted octanol–water partition coefficient (Wildman–Crippen LogP) is 4.36. The van der Waals surface area contributed by atoms with Crippen LogP contribution in [0.2, 0.25) is 5.02 Å². The van der Waals surface area contributed by atoms with Crippen molar-refractivity contribution in [1.82, 2.24) is 5.32 Å². The second kappa shape index (κ2) is 6.73. The Hall–Kier alpha value is -1.58. The quantitative estimate of drug-likeness (QED) is 0.881. The van der Waals surface area contributed by atoms with Gasteiger partial charge in [-0.15, -0.1) is 0 Å². The van der Waals surface area contributed by atoms with Gasteiger partial charge in [0.25, 0.3) is 0 Å². The molecule has 0 bridgehead atoms. The Bertz CT molecular complexity index is 586. The molecule has 4 heteroatoms. The van der Waals surface area contributed by atoms with E-state index in [1.807, 2.05) is 43.1 Å². The van der Waals surface area contributed by atoms with Gasteiger partial charge in [0, 0.05) is 23.8 Å². The molecule has 2 aromatic carbocycles. The van der Waals surface area contributed by atoms with Crippen LogP contribution < -0.4 is 10.2 Å². The van der Waals surface area contributed by atoms with Crippen LogP contribution in [0.15, 0.2) is 42.5 Å². The Labute approximate surface area is 124 Å². The molecule has 106 valence electrons. The molecule has 2 aromatic rings. The van der Waals surface area contributed by atoms with Crippen molar-refractivity contribution < 1.29 is 4.39 Å². The van der Waals surface area contributed by atoms with Crippen LogP contribution in [-0.2, 0) is 6.54 Å². The zero-order valence-corrected chi connectivity index (χ0v) is 12.4. The van der Waals surface area contributed by atoms with E-state index in [0.717, 1.165) is 11.3 Å². The first-order valence-corrected chi connectivity index (χ1v) is 7.00. The molecule has 0 saturated carbocycles. The Kier molecular flexibility index (Phi) is 4.99. The lowest BCUT2D eigenvalue weighted by atomic mass is 10.1. The molecule has 0 amide bonds. The van der Waals surface area contributed by atoms with Crippen LogP contribution in [0.4, 0.5) is 15.8 Å². The molecule has 20 heavy (non-hydrogen) atoms. The zero-order valence-electron chi connectivity index (χ0n) is 11.7. The van der Waals surface area contributed by atoms with E-state index >= 15 is 0 Å². The van der Waals surface area contributed by atoms with E-state index in [1.54, 1.807) is 12.1 Å². The summed E-state index contributed by atoms with van der Waals surface area (Å²) < 4.78 is 13.9. The third kappa shape index (κ3) is 3.11. The van der Waals surface area contributed by atoms with Gasteiger partial charge in [-0.1, -0.05) is 29.8 Å². The fourth-order valence-electron chi connectivity index (χ4n) is 2.20. The third-order valence-corrected chi connectivity index (χ3v) is 3.53. The topological polar surface area (TPSA) is 15.3 Å². The molecule has 1 N–H and O–H groups in total. The van der Waals surface area contributed by atoms with Gasteiger partial charge < -0.3 is 10.2 Å². The van der Waals surface area contributed by atoms with Gasteiger partial charge in [0.05, 0.1) is 5.69 Å². The molecule has 0 aromatic heterocycles. The van der Waals surface area contributed by atoms with E-state index in [1.165, 1.54) is 6.07 Å². The average Bonchev–Trinajstić information content (AvgIpc) is 2.45. The van der Waals surface area contributed by atoms with Gasteiger partial charge in [-0.3, -0.25) is 0 Å². The van der Waals surface area contributed by atoms with E-state index < -0.39 is 0 Å². The molecular formula is C16H18ClFN2. The first-order valence-electron chi connectivity index (χ1n) is 6.62. The second-order valence-corrected chi connectivity index (χ2v) is 4.91. The molecule has 0 aliphatic heterocycles. The van der Waals surface area contributed by atoms with E-state index in [4.69, 9.17) is 11.6 Å². The van der Waals surface area contributed by atoms with Crippen molar-refractivity contribution in [2.24, 2.45) is 0 Å². The number of nitrogens with zero attached hydrogens (tertiary/aromatic N) is 1. The van der Waals surface area contributed by atoms with E-state index in [-0.39, 0.29) is 5.82 Å². The molecule has 0 saturated heterocycles. The smallest absolute Gasteiger partial charge is 0.146 e. The zero-order chi connectivity index (χ0) is 14.5. The molecule has 0 aliphatic rings. The number of hydrogen-bond acceptors (Lipinski definition) is 2. The van der Waals surface area contributed by atoms with Crippen molar-refractivity contribution >= 4 is 23.0 Å². The summed E-state index contributed by atoms with van der Waals surface area (Å²) in [5.74, 6) is -0.232. The molecule has 0 fully saturated rings. The SMILES string of the molecule is CCN(c1ccc(CNC)c(Cl)c1)c1ccccc1F. The maximum atomic E-state index is 13.9. The number of halogens is 2. The van der Waals surface area contributed by atoms with Crippen LogP contribution in [0.1, 0.15) is 12.5 Å². The summed E-state index contributed by atoms with van der Waals surface area (Å²) in [4.78, 5) is 1.91. The number of para-hydroxylation sites is 1. The van der Waals surface area contributed by atoms with Crippen LogP contribution in [0, 0.1) is 5.82 Å². The molecule has 0 heterocycles. The van der Waals surface area contributed by atoms with Crippen molar-refractivity contribution in [3.63, 3.8) is 0 Å². The average molecular weight is 293 g/mol. The van der Waals surface area contributed by atoms with E-state index in [9.17, 15) is 4.39 Å². The molecule has 0 unspecified atom stereocenters. The minimum atomic E-state index is -0.232. The highest BCUT2D eigenvalue weighted by Crippen LogP contribution is 2.30. The maximum absolute atomic E-state index is 13.9. The van der Waals surface area contributed by atoms with Crippen molar-refractivity contribution in [3.8, 4) is 0 Å². The van der Waals surface area contributed by atoms with Gasteiger partial charge in [0.15, 0.2) is 0 Å². The van der Waals surface area contributed by atoms with Crippen LogP contribution in [-0.4, -0.2) is 13.6 Å². The van der Waals surface area contributed by atoms with Gasteiger partial charge >= 0.3 is 0 Å². The van der Waals surface area contributed by atoms with E-state index in [0.29, 0.717) is 23.8 Å². The normalized spacial score (nSPS) is 10.6. The Morgan fingerprint density at radius 3 is 2.55 bits per heavy atom. The first kappa shape index (κ1) is 14.8. The Morgan fingerprint density at radius 2 is 1.95 bits per heavy atom. The molecule has 2 nitrogen and oxygen atoms in total. The van der Waals surface area contributed by atoms with Crippen molar-refractivity contribution in [3.05, 3.63) is 58.9 Å². The standard InChI is InChI=1S/C16H18ClFN2/c1-3-20(16-7-5-4-6-15(16)18)13-9-8-12(11-19-2)14(17)10-13/h4-10,19H,3,11H2,1-2H3. The summed E-state index contributed by atoms with van der Waals surface area (Å²) >= 11 is 6.28. The van der Waals surface area contributed by atoms with Gasteiger partial charge in [-0.25, -0.2) is 4.39 Å². The predicted molar refractivity (Wildman–Crippen MR) is 83.3 cm³/mol. The monoisotopic (exact) mass is 292 g/mol. The summed E-state index contributed by atoms with van der Waals surface area (Å²) in [6.07, 6.45) is 0. The molecule has 0 spiro atoms. The fourth-order valence-corrected chi connectivity index (χ4v) is 2.44. The van der Waals surface area contributed by atoms with E-state index in [2.05, 4.69) is 5.32 Å². The minimum absolute atomic E-state index is 0.232. The number of nitrogens with one attached hydrogen (secondary N) is 1. The van der Waals surface area contributed by atoms with Gasteiger partial charge in [0.1, 0.15) is 5.82 Å². The number of hydrogen-bond donors (Lipinski definition) is 1. The van der Waals surface area contributed by atoms with Crippen LogP contribution >= 0.6 is 11.6 Å². The van der Waals surface area contributed by atoms with Gasteiger partial charge in [-0.2, -0.15) is 0 Å². The summed E-state index contributed by atoms with van der Waals surface area (Å²) in [5.41, 5.74) is 2.48. The Balaban J connectivity index is 2.38. The number of benzene rings is 2. The summed E-state index contributed by atoms with van der Waals surface area (Å²) in [5, 5.41) is 3.76. The lowest BCUT2D eigenvalue weighted by molar-refractivity contribution is 0.625. The number of rotatable bonds is 5. The highest BCUT2D eigenvalue weighted by molar-refractivity contribution is 6.31. The second-order valence-electron chi connectivity index (χ2n) is 4.50.